The molecule has 2 aromatic rings. The Morgan fingerprint density at radius 2 is 1.71 bits per heavy atom. The molecule has 0 saturated carbocycles. The first-order chi connectivity index (χ1) is 16.0. The van der Waals surface area contributed by atoms with Crippen molar-refractivity contribution in [2.75, 3.05) is 39.4 Å². The van der Waals surface area contributed by atoms with Crippen molar-refractivity contribution in [2.45, 2.75) is 63.8 Å². The highest BCUT2D eigenvalue weighted by molar-refractivity contribution is 5.94. The van der Waals surface area contributed by atoms with Gasteiger partial charge in [0.2, 0.25) is 0 Å². The average Bonchev–Trinajstić information content (AvgIpc) is 3.05. The van der Waals surface area contributed by atoms with Gasteiger partial charge in [-0.1, -0.05) is 18.2 Å². The fraction of sp³-hybridized carbons (Fsp3) is 0.615. The van der Waals surface area contributed by atoms with E-state index in [1.54, 1.807) is 10.6 Å². The fourth-order valence-electron chi connectivity index (χ4n) is 5.93. The number of carbonyl (C=O) groups is 1. The van der Waals surface area contributed by atoms with Gasteiger partial charge in [-0.25, -0.2) is 4.79 Å². The number of esters is 1. The van der Waals surface area contributed by atoms with Gasteiger partial charge in [0.25, 0.3) is 5.56 Å². The average molecular weight is 527 g/mol. The quantitative estimate of drug-likeness (QED) is 0.532. The number of hydrogen-bond donors (Lipinski definition) is 0. The third kappa shape index (κ3) is 5.86. The van der Waals surface area contributed by atoms with Gasteiger partial charge in [0.15, 0.2) is 0 Å². The maximum absolute atomic E-state index is 13.2. The van der Waals surface area contributed by atoms with Gasteiger partial charge in [0.1, 0.15) is 11.7 Å². The van der Waals surface area contributed by atoms with Crippen molar-refractivity contribution in [2.24, 2.45) is 0 Å². The molecule has 7 nitrogen and oxygen atoms in total. The second-order valence-corrected chi connectivity index (χ2v) is 9.96. The summed E-state index contributed by atoms with van der Waals surface area (Å²) in [6.07, 6.45) is 3.93. The van der Waals surface area contributed by atoms with Crippen LogP contribution in [0.4, 0.5) is 0 Å². The second-order valence-electron chi connectivity index (χ2n) is 9.96. The highest BCUT2D eigenvalue weighted by atomic mass is 35.5. The maximum Gasteiger partial charge on any atom is 0.344 e. The molecular weight excluding hydrogens is 489 g/mol. The summed E-state index contributed by atoms with van der Waals surface area (Å²) < 4.78 is 13.1. The summed E-state index contributed by atoms with van der Waals surface area (Å²) in [5, 5.41) is 0.885. The Morgan fingerprint density at radius 1 is 1.06 bits per heavy atom. The van der Waals surface area contributed by atoms with E-state index >= 15 is 0 Å². The van der Waals surface area contributed by atoms with Crippen LogP contribution in [-0.2, 0) is 9.47 Å². The standard InChI is InChI=1S/C26H35N3O4.2ClH/c1-18(2)29-24-6-4-3-5-19(24)15-23(25(29)30)26(31)33-22-16-20-7-8-21(17-22)28(20)10-9-27-11-13-32-14-12-27;;/h3-6,15,18,20-22H,7-14,16-17H2,1-2H3;2*1H/t20-,21+,22?;;. The van der Waals surface area contributed by atoms with Crippen molar-refractivity contribution in [1.29, 1.82) is 0 Å². The highest BCUT2D eigenvalue weighted by Gasteiger charge is 2.42. The minimum atomic E-state index is -0.480. The van der Waals surface area contributed by atoms with Crippen molar-refractivity contribution < 1.29 is 14.3 Å². The number of halogens is 2. The van der Waals surface area contributed by atoms with E-state index in [0.717, 1.165) is 76.0 Å². The van der Waals surface area contributed by atoms with Gasteiger partial charge < -0.3 is 14.0 Å². The number of nitrogens with zero attached hydrogens (tertiary/aromatic N) is 3. The van der Waals surface area contributed by atoms with E-state index < -0.39 is 5.97 Å². The molecule has 2 bridgehead atoms. The molecule has 3 atom stereocenters. The van der Waals surface area contributed by atoms with Crippen LogP contribution in [0.25, 0.3) is 10.9 Å². The smallest absolute Gasteiger partial charge is 0.344 e. The first-order valence-corrected chi connectivity index (χ1v) is 12.4. The van der Waals surface area contributed by atoms with Crippen LogP contribution in [0.5, 0.6) is 0 Å². The molecule has 3 saturated heterocycles. The number of carbonyl (C=O) groups excluding carboxylic acids is 1. The Kier molecular flexibility index (Phi) is 9.63. The van der Waals surface area contributed by atoms with E-state index in [1.165, 1.54) is 0 Å². The minimum Gasteiger partial charge on any atom is -0.459 e. The number of aromatic nitrogens is 1. The number of pyridine rings is 1. The monoisotopic (exact) mass is 525 g/mol. The van der Waals surface area contributed by atoms with E-state index in [4.69, 9.17) is 9.47 Å². The molecule has 5 rings (SSSR count). The lowest BCUT2D eigenvalue weighted by atomic mass is 9.99. The van der Waals surface area contributed by atoms with Crippen LogP contribution < -0.4 is 5.56 Å². The van der Waals surface area contributed by atoms with Crippen LogP contribution in [0.2, 0.25) is 0 Å². The van der Waals surface area contributed by atoms with E-state index in [1.807, 2.05) is 38.1 Å². The van der Waals surface area contributed by atoms with Crippen molar-refractivity contribution in [1.82, 2.24) is 14.4 Å². The van der Waals surface area contributed by atoms with Crippen LogP contribution >= 0.6 is 24.8 Å². The topological polar surface area (TPSA) is 64.0 Å². The largest absolute Gasteiger partial charge is 0.459 e. The molecule has 0 spiro atoms. The zero-order valence-corrected chi connectivity index (χ0v) is 22.2. The second kappa shape index (κ2) is 12.1. The van der Waals surface area contributed by atoms with Crippen LogP contribution in [0.15, 0.2) is 35.1 Å². The SMILES string of the molecule is CC(C)n1c(=O)c(C(=O)OC2C[C@H]3CC[C@@H](C2)N3CCN2CCOCC2)cc2ccccc21.Cl.Cl. The van der Waals surface area contributed by atoms with Crippen molar-refractivity contribution in [3.8, 4) is 0 Å². The summed E-state index contributed by atoms with van der Waals surface area (Å²) >= 11 is 0. The van der Waals surface area contributed by atoms with Crippen LogP contribution in [0.1, 0.15) is 55.9 Å². The van der Waals surface area contributed by atoms with Gasteiger partial charge in [-0.05, 0) is 44.2 Å². The lowest BCUT2D eigenvalue weighted by Crippen LogP contribution is -2.49. The summed E-state index contributed by atoms with van der Waals surface area (Å²) in [4.78, 5) is 31.4. The lowest BCUT2D eigenvalue weighted by molar-refractivity contribution is -0.0123. The van der Waals surface area contributed by atoms with Crippen molar-refractivity contribution in [3.05, 3.63) is 46.2 Å². The number of fused-ring (bicyclic) bond motifs is 3. The van der Waals surface area contributed by atoms with Gasteiger partial charge in [0.05, 0.1) is 18.7 Å². The molecule has 194 valence electrons. The van der Waals surface area contributed by atoms with Gasteiger partial charge in [-0.3, -0.25) is 14.6 Å². The van der Waals surface area contributed by atoms with E-state index in [0.29, 0.717) is 12.1 Å². The Hall–Kier alpha value is -1.64. The van der Waals surface area contributed by atoms with Crippen LogP contribution in [-0.4, -0.2) is 77.9 Å². The maximum atomic E-state index is 13.2. The molecule has 0 N–H and O–H groups in total. The number of hydrogen-bond acceptors (Lipinski definition) is 6. The fourth-order valence-corrected chi connectivity index (χ4v) is 5.93. The lowest BCUT2D eigenvalue weighted by Gasteiger charge is -2.39. The van der Waals surface area contributed by atoms with Gasteiger partial charge in [-0.2, -0.15) is 0 Å². The van der Waals surface area contributed by atoms with E-state index in [2.05, 4.69) is 9.80 Å². The Morgan fingerprint density at radius 3 is 2.37 bits per heavy atom. The molecule has 0 radical (unpaired) electrons. The molecule has 0 amide bonds. The molecule has 1 unspecified atom stereocenters. The third-order valence-electron chi connectivity index (χ3n) is 7.57. The molecule has 0 aliphatic carbocycles. The van der Waals surface area contributed by atoms with Crippen LogP contribution in [0, 0.1) is 0 Å². The Labute approximate surface area is 219 Å². The normalized spacial score (nSPS) is 24.7. The van der Waals surface area contributed by atoms with Gasteiger partial charge in [-0.15, -0.1) is 24.8 Å². The van der Waals surface area contributed by atoms with E-state index in [9.17, 15) is 9.59 Å². The Balaban J connectivity index is 0.00000171. The molecule has 4 heterocycles. The predicted octanol–water partition coefficient (Wildman–Crippen LogP) is 3.91. The molecule has 3 aliphatic heterocycles. The summed E-state index contributed by atoms with van der Waals surface area (Å²) in [7, 11) is 0. The van der Waals surface area contributed by atoms with Gasteiger partial charge in [0, 0.05) is 57.1 Å². The summed E-state index contributed by atoms with van der Waals surface area (Å²) in [5.74, 6) is -0.480. The molecule has 35 heavy (non-hydrogen) atoms. The third-order valence-corrected chi connectivity index (χ3v) is 7.57. The van der Waals surface area contributed by atoms with Crippen LogP contribution in [0.3, 0.4) is 0 Å². The highest BCUT2D eigenvalue weighted by Crippen LogP contribution is 2.37. The summed E-state index contributed by atoms with van der Waals surface area (Å²) in [6.45, 7) is 9.77. The number of rotatable bonds is 6. The zero-order valence-electron chi connectivity index (χ0n) is 20.6. The molecule has 9 heteroatoms. The Bertz CT molecular complexity index is 1060. The summed E-state index contributed by atoms with van der Waals surface area (Å²) in [5.41, 5.74) is 0.727. The number of benzene rings is 1. The number of piperidine rings is 1. The van der Waals surface area contributed by atoms with Gasteiger partial charge >= 0.3 is 5.97 Å². The molecular formula is C26H37Cl2N3O4. The molecule has 3 fully saturated rings. The molecule has 1 aromatic carbocycles. The molecule has 3 aliphatic rings. The number of morpholine rings is 1. The first-order valence-electron chi connectivity index (χ1n) is 12.4. The first kappa shape index (κ1) is 27.9. The number of para-hydroxylation sites is 1. The van der Waals surface area contributed by atoms with Crippen molar-refractivity contribution in [3.63, 3.8) is 0 Å². The predicted molar refractivity (Wildman–Crippen MR) is 142 cm³/mol. The zero-order chi connectivity index (χ0) is 22.9. The van der Waals surface area contributed by atoms with Crippen molar-refractivity contribution >= 4 is 41.7 Å². The summed E-state index contributed by atoms with van der Waals surface area (Å²) in [6, 6.07) is 10.3. The minimum absolute atomic E-state index is 0. The number of ether oxygens (including phenoxy) is 2. The van der Waals surface area contributed by atoms with E-state index in [-0.39, 0.29) is 48.1 Å². The molecule has 1 aromatic heterocycles.